The van der Waals surface area contributed by atoms with E-state index in [1.807, 2.05) is 19.1 Å². The van der Waals surface area contributed by atoms with Gasteiger partial charge in [-0.05, 0) is 50.0 Å². The number of phenolic OH excluding ortho intramolecular Hbond substituents is 1. The van der Waals surface area contributed by atoms with Crippen LogP contribution in [0.1, 0.15) is 32.3 Å². The highest BCUT2D eigenvalue weighted by molar-refractivity contribution is 5.54. The van der Waals surface area contributed by atoms with Gasteiger partial charge in [0.05, 0.1) is 12.7 Å². The summed E-state index contributed by atoms with van der Waals surface area (Å²) in [6.45, 7) is 8.84. The zero-order valence-electron chi connectivity index (χ0n) is 12.2. The van der Waals surface area contributed by atoms with Crippen LogP contribution in [0, 0.1) is 0 Å². The predicted molar refractivity (Wildman–Crippen MR) is 83.6 cm³/mol. The van der Waals surface area contributed by atoms with Crippen LogP contribution in [0.5, 0.6) is 5.75 Å². The topological polar surface area (TPSA) is 29.5 Å². The van der Waals surface area contributed by atoms with E-state index < -0.39 is 0 Å². The van der Waals surface area contributed by atoms with Gasteiger partial charge in [0.15, 0.2) is 0 Å². The Kier molecular flexibility index (Phi) is 4.80. The number of aromatic hydroxyl groups is 1. The van der Waals surface area contributed by atoms with Crippen LogP contribution in [-0.4, -0.2) is 17.8 Å². The van der Waals surface area contributed by atoms with Gasteiger partial charge < -0.3 is 9.84 Å². The van der Waals surface area contributed by atoms with Crippen LogP contribution in [0.2, 0.25) is 0 Å². The fourth-order valence-electron chi connectivity index (χ4n) is 2.49. The number of hydrogen-bond acceptors (Lipinski definition) is 2. The molecule has 0 saturated carbocycles. The lowest BCUT2D eigenvalue weighted by Gasteiger charge is -2.15. The Morgan fingerprint density at radius 3 is 2.95 bits per heavy atom. The van der Waals surface area contributed by atoms with Crippen molar-refractivity contribution < 1.29 is 9.84 Å². The van der Waals surface area contributed by atoms with Crippen LogP contribution in [0.15, 0.2) is 53.6 Å². The summed E-state index contributed by atoms with van der Waals surface area (Å²) in [6, 6.07) is 7.31. The quantitative estimate of drug-likeness (QED) is 0.855. The maximum absolute atomic E-state index is 9.46. The van der Waals surface area contributed by atoms with E-state index in [9.17, 15) is 5.11 Å². The molecule has 2 nitrogen and oxygen atoms in total. The Labute approximate surface area is 121 Å². The first-order valence-corrected chi connectivity index (χ1v) is 7.00. The molecule has 1 aromatic rings. The van der Waals surface area contributed by atoms with E-state index in [4.69, 9.17) is 4.74 Å². The highest BCUT2D eigenvalue weighted by atomic mass is 16.5. The summed E-state index contributed by atoms with van der Waals surface area (Å²) in [6.07, 6.45) is 6.37. The molecule has 1 N–H and O–H groups in total. The van der Waals surface area contributed by atoms with Crippen molar-refractivity contribution in [1.29, 1.82) is 0 Å². The number of rotatable bonds is 5. The average Bonchev–Trinajstić information content (AvgIpc) is 2.85. The van der Waals surface area contributed by atoms with E-state index in [2.05, 4.69) is 25.7 Å². The van der Waals surface area contributed by atoms with E-state index in [1.54, 1.807) is 12.1 Å². The zero-order valence-corrected chi connectivity index (χ0v) is 12.2. The van der Waals surface area contributed by atoms with E-state index >= 15 is 0 Å². The molecule has 0 bridgehead atoms. The molecule has 1 aliphatic heterocycles. The van der Waals surface area contributed by atoms with Crippen LogP contribution >= 0.6 is 0 Å². The maximum Gasteiger partial charge on any atom is 0.116 e. The fourth-order valence-corrected chi connectivity index (χ4v) is 2.49. The predicted octanol–water partition coefficient (Wildman–Crippen LogP) is 4.48. The van der Waals surface area contributed by atoms with Gasteiger partial charge in [0.25, 0.3) is 0 Å². The van der Waals surface area contributed by atoms with Gasteiger partial charge in [-0.3, -0.25) is 0 Å². The van der Waals surface area contributed by atoms with Crippen molar-refractivity contribution in [2.24, 2.45) is 0 Å². The van der Waals surface area contributed by atoms with Crippen LogP contribution in [0.3, 0.4) is 0 Å². The summed E-state index contributed by atoms with van der Waals surface area (Å²) < 4.78 is 5.73. The SMILES string of the molecule is C=C(C)C1=CCOC1CC/C(C)=C/c1cccc(O)c1. The van der Waals surface area contributed by atoms with Gasteiger partial charge in [0, 0.05) is 0 Å². The first-order valence-electron chi connectivity index (χ1n) is 7.00. The van der Waals surface area contributed by atoms with Gasteiger partial charge in [-0.25, -0.2) is 0 Å². The molecule has 1 unspecified atom stereocenters. The second kappa shape index (κ2) is 6.58. The Hall–Kier alpha value is -1.80. The molecule has 106 valence electrons. The smallest absolute Gasteiger partial charge is 0.116 e. The normalized spacial score (nSPS) is 19.0. The fraction of sp³-hybridized carbons (Fsp3) is 0.333. The molecule has 1 atom stereocenters. The second-order valence-electron chi connectivity index (χ2n) is 5.39. The molecular formula is C18H22O2. The molecule has 0 fully saturated rings. The lowest BCUT2D eigenvalue weighted by Crippen LogP contribution is -2.10. The van der Waals surface area contributed by atoms with E-state index in [0.29, 0.717) is 12.4 Å². The van der Waals surface area contributed by atoms with Crippen LogP contribution in [-0.2, 0) is 4.74 Å². The minimum Gasteiger partial charge on any atom is -0.508 e. The van der Waals surface area contributed by atoms with E-state index in [0.717, 1.165) is 24.0 Å². The number of phenols is 1. The summed E-state index contributed by atoms with van der Waals surface area (Å²) in [4.78, 5) is 0. The summed E-state index contributed by atoms with van der Waals surface area (Å²) in [7, 11) is 0. The number of allylic oxidation sites excluding steroid dienone is 1. The van der Waals surface area contributed by atoms with Crippen molar-refractivity contribution in [2.45, 2.75) is 32.8 Å². The molecule has 0 saturated heterocycles. The van der Waals surface area contributed by atoms with Crippen molar-refractivity contribution in [1.82, 2.24) is 0 Å². The molecule has 0 aliphatic carbocycles. The molecule has 1 aliphatic rings. The summed E-state index contributed by atoms with van der Waals surface area (Å²) >= 11 is 0. The Bertz CT molecular complexity index is 552. The van der Waals surface area contributed by atoms with Crippen molar-refractivity contribution in [3.63, 3.8) is 0 Å². The van der Waals surface area contributed by atoms with Gasteiger partial charge in [0.2, 0.25) is 0 Å². The molecule has 0 radical (unpaired) electrons. The highest BCUT2D eigenvalue weighted by Gasteiger charge is 2.19. The third kappa shape index (κ3) is 3.84. The Morgan fingerprint density at radius 1 is 1.45 bits per heavy atom. The molecule has 1 aromatic carbocycles. The summed E-state index contributed by atoms with van der Waals surface area (Å²) in [5, 5.41) is 9.46. The lowest BCUT2D eigenvalue weighted by atomic mass is 9.98. The number of hydrogen-bond donors (Lipinski definition) is 1. The molecular weight excluding hydrogens is 248 g/mol. The highest BCUT2D eigenvalue weighted by Crippen LogP contribution is 2.26. The van der Waals surface area contributed by atoms with Crippen molar-refractivity contribution in [3.05, 3.63) is 59.2 Å². The Morgan fingerprint density at radius 2 is 2.25 bits per heavy atom. The van der Waals surface area contributed by atoms with Crippen molar-refractivity contribution in [3.8, 4) is 5.75 Å². The largest absolute Gasteiger partial charge is 0.508 e. The third-order valence-electron chi connectivity index (χ3n) is 3.52. The Balaban J connectivity index is 1.94. The van der Waals surface area contributed by atoms with Gasteiger partial charge in [-0.2, -0.15) is 0 Å². The van der Waals surface area contributed by atoms with Crippen LogP contribution in [0.25, 0.3) is 6.08 Å². The second-order valence-corrected chi connectivity index (χ2v) is 5.39. The maximum atomic E-state index is 9.46. The van der Waals surface area contributed by atoms with E-state index in [1.165, 1.54) is 11.1 Å². The van der Waals surface area contributed by atoms with Crippen molar-refractivity contribution >= 4 is 6.08 Å². The van der Waals surface area contributed by atoms with Crippen molar-refractivity contribution in [2.75, 3.05) is 6.61 Å². The van der Waals surface area contributed by atoms with Gasteiger partial charge in [0.1, 0.15) is 5.75 Å². The van der Waals surface area contributed by atoms with Gasteiger partial charge in [-0.1, -0.05) is 42.0 Å². The first-order chi connectivity index (χ1) is 9.56. The minimum absolute atomic E-state index is 0.181. The molecule has 0 aromatic heterocycles. The third-order valence-corrected chi connectivity index (χ3v) is 3.52. The van der Waals surface area contributed by atoms with E-state index in [-0.39, 0.29) is 6.10 Å². The molecule has 2 heteroatoms. The average molecular weight is 270 g/mol. The number of ether oxygens (including phenoxy) is 1. The molecule has 1 heterocycles. The van der Waals surface area contributed by atoms with Crippen LogP contribution < -0.4 is 0 Å². The molecule has 0 amide bonds. The first kappa shape index (κ1) is 14.6. The van der Waals surface area contributed by atoms with Gasteiger partial charge in [-0.15, -0.1) is 0 Å². The molecule has 20 heavy (non-hydrogen) atoms. The number of benzene rings is 1. The summed E-state index contributed by atoms with van der Waals surface area (Å²) in [5.41, 5.74) is 4.66. The minimum atomic E-state index is 0.181. The molecule has 0 spiro atoms. The lowest BCUT2D eigenvalue weighted by molar-refractivity contribution is 0.116. The zero-order chi connectivity index (χ0) is 14.5. The standard InChI is InChI=1S/C18H22O2/c1-13(2)17-9-10-20-18(17)8-7-14(3)11-15-5-4-6-16(19)12-15/h4-6,9,11-12,18-19H,1,7-8,10H2,2-3H3/b14-11+. The molecule has 2 rings (SSSR count). The summed E-state index contributed by atoms with van der Waals surface area (Å²) in [5.74, 6) is 0.304. The monoisotopic (exact) mass is 270 g/mol. The van der Waals surface area contributed by atoms with Gasteiger partial charge >= 0.3 is 0 Å². The van der Waals surface area contributed by atoms with Crippen LogP contribution in [0.4, 0.5) is 0 Å².